The van der Waals surface area contributed by atoms with Crippen LogP contribution in [0.25, 0.3) is 5.78 Å². The maximum atomic E-state index is 4.53. The van der Waals surface area contributed by atoms with Crippen molar-refractivity contribution >= 4 is 5.78 Å². The summed E-state index contributed by atoms with van der Waals surface area (Å²) >= 11 is 0. The number of nitrogens with zero attached hydrogens (tertiary/aromatic N) is 3. The summed E-state index contributed by atoms with van der Waals surface area (Å²) in [6.45, 7) is 2.30. The number of rotatable bonds is 2. The van der Waals surface area contributed by atoms with Crippen molar-refractivity contribution in [3.63, 3.8) is 0 Å². The Morgan fingerprint density at radius 3 is 3.31 bits per heavy atom. The molecular formula is C12H16N4. The van der Waals surface area contributed by atoms with E-state index in [0.29, 0.717) is 0 Å². The van der Waals surface area contributed by atoms with E-state index < -0.39 is 0 Å². The monoisotopic (exact) mass is 216 g/mol. The Bertz CT molecular complexity index is 438. The van der Waals surface area contributed by atoms with Crippen molar-refractivity contribution in [2.24, 2.45) is 5.92 Å². The van der Waals surface area contributed by atoms with Gasteiger partial charge in [0.05, 0.1) is 5.69 Å². The summed E-state index contributed by atoms with van der Waals surface area (Å²) in [5.74, 6) is 1.54. The van der Waals surface area contributed by atoms with Crippen LogP contribution < -0.4 is 5.32 Å². The molecule has 16 heavy (non-hydrogen) atoms. The van der Waals surface area contributed by atoms with Gasteiger partial charge in [-0.3, -0.25) is 4.40 Å². The molecule has 4 nitrogen and oxygen atoms in total. The fourth-order valence-corrected chi connectivity index (χ4v) is 2.37. The Labute approximate surface area is 94.7 Å². The zero-order valence-corrected chi connectivity index (χ0v) is 9.26. The van der Waals surface area contributed by atoms with Crippen molar-refractivity contribution in [1.82, 2.24) is 19.7 Å². The second kappa shape index (κ2) is 4.22. The topological polar surface area (TPSA) is 42.2 Å². The molecule has 2 aromatic rings. The van der Waals surface area contributed by atoms with Crippen molar-refractivity contribution in [3.8, 4) is 0 Å². The lowest BCUT2D eigenvalue weighted by molar-refractivity contribution is 0.374. The summed E-state index contributed by atoms with van der Waals surface area (Å²) in [6.07, 6.45) is 9.55. The molecule has 3 heterocycles. The van der Waals surface area contributed by atoms with E-state index in [1.807, 2.05) is 16.7 Å². The zero-order valence-electron chi connectivity index (χ0n) is 9.26. The van der Waals surface area contributed by atoms with E-state index in [9.17, 15) is 0 Å². The third-order valence-corrected chi connectivity index (χ3v) is 3.18. The van der Waals surface area contributed by atoms with Crippen LogP contribution in [0, 0.1) is 5.92 Å². The van der Waals surface area contributed by atoms with Gasteiger partial charge in [-0.1, -0.05) is 0 Å². The molecule has 1 aliphatic rings. The van der Waals surface area contributed by atoms with Crippen LogP contribution in [0.5, 0.6) is 0 Å². The van der Waals surface area contributed by atoms with Crippen LogP contribution in [0.1, 0.15) is 18.5 Å². The number of imidazole rings is 1. The van der Waals surface area contributed by atoms with Gasteiger partial charge in [-0.25, -0.2) is 9.97 Å². The quantitative estimate of drug-likeness (QED) is 0.822. The average Bonchev–Trinajstić information content (AvgIpc) is 2.72. The molecule has 1 atom stereocenters. The third kappa shape index (κ3) is 1.93. The zero-order chi connectivity index (χ0) is 10.8. The molecule has 1 fully saturated rings. The highest BCUT2D eigenvalue weighted by Crippen LogP contribution is 2.15. The smallest absolute Gasteiger partial charge is 0.233 e. The molecule has 4 heteroatoms. The molecule has 84 valence electrons. The minimum absolute atomic E-state index is 0.735. The first-order chi connectivity index (χ1) is 7.92. The predicted molar refractivity (Wildman–Crippen MR) is 62.3 cm³/mol. The summed E-state index contributed by atoms with van der Waals surface area (Å²) in [5, 5.41) is 3.44. The van der Waals surface area contributed by atoms with Crippen molar-refractivity contribution in [1.29, 1.82) is 0 Å². The van der Waals surface area contributed by atoms with Crippen LogP contribution >= 0.6 is 0 Å². The molecule has 0 saturated carbocycles. The van der Waals surface area contributed by atoms with Crippen LogP contribution in [0.2, 0.25) is 0 Å². The molecule has 3 rings (SSSR count). The fourth-order valence-electron chi connectivity index (χ4n) is 2.37. The Morgan fingerprint density at radius 1 is 1.50 bits per heavy atom. The van der Waals surface area contributed by atoms with Crippen LogP contribution in [-0.2, 0) is 6.42 Å². The second-order valence-electron chi connectivity index (χ2n) is 4.48. The number of piperidine rings is 1. The SMILES string of the molecule is c1cnc2nc(CC3CCCNC3)cn2c1. The predicted octanol–water partition coefficient (Wildman–Crippen LogP) is 1.27. The summed E-state index contributed by atoms with van der Waals surface area (Å²) in [5.41, 5.74) is 1.16. The number of nitrogens with one attached hydrogen (secondary N) is 1. The summed E-state index contributed by atoms with van der Waals surface area (Å²) in [6, 6.07) is 1.93. The molecule has 1 unspecified atom stereocenters. The summed E-state index contributed by atoms with van der Waals surface area (Å²) < 4.78 is 1.99. The van der Waals surface area contributed by atoms with E-state index in [2.05, 4.69) is 21.5 Å². The molecule has 0 aliphatic carbocycles. The molecule has 1 saturated heterocycles. The minimum atomic E-state index is 0.735. The maximum Gasteiger partial charge on any atom is 0.233 e. The largest absolute Gasteiger partial charge is 0.316 e. The maximum absolute atomic E-state index is 4.53. The van der Waals surface area contributed by atoms with Gasteiger partial charge in [0.2, 0.25) is 5.78 Å². The van der Waals surface area contributed by atoms with Crippen molar-refractivity contribution in [2.75, 3.05) is 13.1 Å². The van der Waals surface area contributed by atoms with Crippen molar-refractivity contribution in [3.05, 3.63) is 30.4 Å². The third-order valence-electron chi connectivity index (χ3n) is 3.18. The molecule has 0 radical (unpaired) electrons. The molecule has 0 spiro atoms. The molecular weight excluding hydrogens is 200 g/mol. The Morgan fingerprint density at radius 2 is 2.50 bits per heavy atom. The van der Waals surface area contributed by atoms with Crippen LogP contribution in [0.3, 0.4) is 0 Å². The normalized spacial score (nSPS) is 21.4. The van der Waals surface area contributed by atoms with Gasteiger partial charge in [-0.05, 0) is 44.3 Å². The Balaban J connectivity index is 1.78. The highest BCUT2D eigenvalue weighted by atomic mass is 15.1. The summed E-state index contributed by atoms with van der Waals surface area (Å²) in [4.78, 5) is 8.76. The lowest BCUT2D eigenvalue weighted by Gasteiger charge is -2.21. The molecule has 0 amide bonds. The second-order valence-corrected chi connectivity index (χ2v) is 4.48. The highest BCUT2D eigenvalue weighted by Gasteiger charge is 2.15. The molecule has 0 aromatic carbocycles. The van der Waals surface area contributed by atoms with Gasteiger partial charge in [-0.2, -0.15) is 0 Å². The first kappa shape index (κ1) is 9.78. The molecule has 2 aromatic heterocycles. The van der Waals surface area contributed by atoms with E-state index in [0.717, 1.165) is 30.4 Å². The van der Waals surface area contributed by atoms with E-state index in [1.165, 1.54) is 19.4 Å². The Hall–Kier alpha value is -1.42. The summed E-state index contributed by atoms with van der Waals surface area (Å²) in [7, 11) is 0. The molecule has 1 aliphatic heterocycles. The van der Waals surface area contributed by atoms with E-state index in [-0.39, 0.29) is 0 Å². The van der Waals surface area contributed by atoms with E-state index >= 15 is 0 Å². The number of hydrogen-bond acceptors (Lipinski definition) is 3. The number of aromatic nitrogens is 3. The number of fused-ring (bicyclic) bond motifs is 1. The van der Waals surface area contributed by atoms with Gasteiger partial charge in [0.15, 0.2) is 0 Å². The van der Waals surface area contributed by atoms with E-state index in [1.54, 1.807) is 6.20 Å². The average molecular weight is 216 g/mol. The highest BCUT2D eigenvalue weighted by molar-refractivity contribution is 5.29. The van der Waals surface area contributed by atoms with Crippen molar-refractivity contribution in [2.45, 2.75) is 19.3 Å². The standard InChI is InChI=1S/C12H16N4/c1-3-10(8-13-4-1)7-11-9-16-6-2-5-14-12(16)15-11/h2,5-6,9-10,13H,1,3-4,7-8H2. The van der Waals surface area contributed by atoms with E-state index in [4.69, 9.17) is 0 Å². The van der Waals surface area contributed by atoms with Crippen LogP contribution in [0.15, 0.2) is 24.7 Å². The van der Waals surface area contributed by atoms with Gasteiger partial charge in [-0.15, -0.1) is 0 Å². The molecule has 0 bridgehead atoms. The first-order valence-electron chi connectivity index (χ1n) is 5.91. The van der Waals surface area contributed by atoms with Gasteiger partial charge in [0, 0.05) is 18.6 Å². The number of hydrogen-bond donors (Lipinski definition) is 1. The van der Waals surface area contributed by atoms with Crippen molar-refractivity contribution < 1.29 is 0 Å². The minimum Gasteiger partial charge on any atom is -0.316 e. The van der Waals surface area contributed by atoms with Gasteiger partial charge >= 0.3 is 0 Å². The Kier molecular flexibility index (Phi) is 2.58. The lowest BCUT2D eigenvalue weighted by Crippen LogP contribution is -2.30. The van der Waals surface area contributed by atoms with Crippen LogP contribution in [-0.4, -0.2) is 27.5 Å². The molecule has 1 N–H and O–H groups in total. The van der Waals surface area contributed by atoms with Crippen LogP contribution in [0.4, 0.5) is 0 Å². The van der Waals surface area contributed by atoms with Gasteiger partial charge in [0.1, 0.15) is 0 Å². The lowest BCUT2D eigenvalue weighted by atomic mass is 9.95. The van der Waals surface area contributed by atoms with Gasteiger partial charge < -0.3 is 5.32 Å². The van der Waals surface area contributed by atoms with Gasteiger partial charge in [0.25, 0.3) is 0 Å². The first-order valence-corrected chi connectivity index (χ1v) is 5.91. The fraction of sp³-hybridized carbons (Fsp3) is 0.500.